The third-order valence-electron chi connectivity index (χ3n) is 0.438. The summed E-state index contributed by atoms with van der Waals surface area (Å²) in [5, 5.41) is 0. The normalized spacial score (nSPS) is 3.40. The second-order valence-electron chi connectivity index (χ2n) is 1.00. The smallest absolute Gasteiger partial charge is 0.0241 e. The highest BCUT2D eigenvalue weighted by molar-refractivity contribution is 5.40. The number of hydrogen-bond donors (Lipinski definition) is 0. The van der Waals surface area contributed by atoms with Crippen LogP contribution in [-0.4, -0.2) is 0 Å². The second-order valence-corrected chi connectivity index (χ2v) is 1.00. The van der Waals surface area contributed by atoms with Crippen molar-refractivity contribution in [1.82, 2.24) is 0 Å². The maximum Gasteiger partial charge on any atom is -0.0241 e. The monoisotopic (exact) mass is 120 g/mol. The molecule has 0 saturated heterocycles. The zero-order valence-electron chi connectivity index (χ0n) is 5.00. The summed E-state index contributed by atoms with van der Waals surface area (Å²) in [4.78, 5) is 0. The topological polar surface area (TPSA) is 0 Å². The van der Waals surface area contributed by atoms with E-state index in [0.29, 0.717) is 0 Å². The molecule has 0 aromatic heterocycles. The van der Waals surface area contributed by atoms with Gasteiger partial charge in [-0.15, -0.1) is 11.8 Å². The molecule has 0 amide bonds. The van der Waals surface area contributed by atoms with Crippen molar-refractivity contribution in [3.05, 3.63) is 12.8 Å². The molecule has 0 rings (SSSR count). The molecule has 0 aromatic rings. The number of rotatable bonds is 0. The Labute approximate surface area is 61.0 Å². The Hall–Kier alpha value is -2.20. The molecule has 0 nitrogen and oxygen atoms in total. The second kappa shape index (κ2) is 6.80. The van der Waals surface area contributed by atoms with Crippen molar-refractivity contribution < 1.29 is 0 Å². The van der Waals surface area contributed by atoms with E-state index in [1.807, 2.05) is 11.8 Å². The van der Waals surface area contributed by atoms with Crippen LogP contribution in [0.15, 0.2) is 0 Å². The summed E-state index contributed by atoms with van der Waals surface area (Å²) >= 11 is 0. The first-order chi connectivity index (χ1) is 4.91. The third-order valence-corrected chi connectivity index (χ3v) is 0.438. The molecule has 0 atom stereocenters. The molecule has 0 aliphatic heterocycles. The molecule has 0 heterocycles. The van der Waals surface area contributed by atoms with E-state index < -0.39 is 0 Å². The molecule has 10 heavy (non-hydrogen) atoms. The SMILES string of the molecule is [C-]#CC#CC#CC#CC#[C-]. The predicted octanol–water partition coefficient (Wildman–Crippen LogP) is 0.176. The lowest BCUT2D eigenvalue weighted by Gasteiger charge is -1.66. The molecule has 0 unspecified atom stereocenters. The lowest BCUT2D eigenvalue weighted by molar-refractivity contribution is 2.35. The maximum atomic E-state index is 6.35. The Morgan fingerprint density at radius 2 is 0.800 bits per heavy atom. The molecule has 0 saturated carbocycles. The molecule has 0 aliphatic carbocycles. The highest BCUT2D eigenvalue weighted by Gasteiger charge is 1.41. The molecular formula is C10-2. The van der Waals surface area contributed by atoms with Gasteiger partial charge in [-0.25, -0.2) is 11.8 Å². The quantitative estimate of drug-likeness (QED) is 0.316. The van der Waals surface area contributed by atoms with Crippen molar-refractivity contribution in [2.75, 3.05) is 0 Å². The van der Waals surface area contributed by atoms with Crippen LogP contribution < -0.4 is 0 Å². The zero-order valence-corrected chi connectivity index (χ0v) is 5.00. The van der Waals surface area contributed by atoms with Crippen LogP contribution in [0, 0.1) is 60.2 Å². The van der Waals surface area contributed by atoms with Crippen LogP contribution in [0.1, 0.15) is 0 Å². The summed E-state index contributed by atoms with van der Waals surface area (Å²) < 4.78 is 0. The minimum absolute atomic E-state index is 1.84. The summed E-state index contributed by atoms with van der Waals surface area (Å²) in [7, 11) is 0. The molecule has 42 valence electrons. The Kier molecular flexibility index (Phi) is 5.30. The highest BCUT2D eigenvalue weighted by Crippen LogP contribution is 1.52. The Bertz CT molecular complexity index is 314. The van der Waals surface area contributed by atoms with Crippen molar-refractivity contribution in [2.45, 2.75) is 0 Å². The summed E-state index contributed by atoms with van der Waals surface area (Å²) in [5.41, 5.74) is 0. The van der Waals surface area contributed by atoms with Gasteiger partial charge in [0.25, 0.3) is 0 Å². The molecular weight excluding hydrogens is 120 g/mol. The van der Waals surface area contributed by atoms with E-state index in [2.05, 4.69) is 35.5 Å². The van der Waals surface area contributed by atoms with Crippen molar-refractivity contribution >= 4 is 0 Å². The van der Waals surface area contributed by atoms with Gasteiger partial charge in [0.1, 0.15) is 0 Å². The molecule has 0 bridgehead atoms. The van der Waals surface area contributed by atoms with Crippen molar-refractivity contribution in [1.29, 1.82) is 0 Å². The Balaban J connectivity index is 4.01. The standard InChI is InChI=1S/C10/c1-3-5-7-9-10-8-6-4-2/q-2. The van der Waals surface area contributed by atoms with Gasteiger partial charge in [0.2, 0.25) is 0 Å². The summed E-state index contributed by atoms with van der Waals surface area (Å²) in [6.07, 6.45) is 12.7. The van der Waals surface area contributed by atoms with Gasteiger partial charge in [0, 0.05) is 0 Å². The van der Waals surface area contributed by atoms with Crippen LogP contribution in [-0.2, 0) is 0 Å². The van der Waals surface area contributed by atoms with Crippen LogP contribution in [0.5, 0.6) is 0 Å². The van der Waals surface area contributed by atoms with Crippen LogP contribution in [0.2, 0.25) is 0 Å². The fourth-order valence-corrected chi connectivity index (χ4v) is 0.188. The zero-order chi connectivity index (χ0) is 7.66. The fourth-order valence-electron chi connectivity index (χ4n) is 0.188. The van der Waals surface area contributed by atoms with E-state index in [1.54, 1.807) is 0 Å². The molecule has 0 heteroatoms. The van der Waals surface area contributed by atoms with Crippen molar-refractivity contribution in [2.24, 2.45) is 0 Å². The van der Waals surface area contributed by atoms with E-state index in [9.17, 15) is 0 Å². The van der Waals surface area contributed by atoms with Crippen molar-refractivity contribution in [3.63, 3.8) is 0 Å². The summed E-state index contributed by atoms with van der Waals surface area (Å²) in [6.45, 7) is 0. The minimum Gasteiger partial charge on any atom is -0.358 e. The Morgan fingerprint density at radius 3 is 1.10 bits per heavy atom. The lowest BCUT2D eigenvalue weighted by atomic mass is 10.5. The predicted molar refractivity (Wildman–Crippen MR) is 37.6 cm³/mol. The first-order valence-electron chi connectivity index (χ1n) is 2.25. The van der Waals surface area contributed by atoms with E-state index >= 15 is 0 Å². The molecule has 0 spiro atoms. The lowest BCUT2D eigenvalue weighted by Crippen LogP contribution is -1.51. The minimum atomic E-state index is 1.84. The summed E-state index contributed by atoms with van der Waals surface area (Å²) in [5.74, 6) is 17.3. The van der Waals surface area contributed by atoms with Crippen LogP contribution >= 0.6 is 0 Å². The van der Waals surface area contributed by atoms with Crippen LogP contribution in [0.4, 0.5) is 0 Å². The van der Waals surface area contributed by atoms with E-state index in [4.69, 9.17) is 12.8 Å². The molecule has 0 aromatic carbocycles. The van der Waals surface area contributed by atoms with E-state index in [0.717, 1.165) is 0 Å². The number of hydrogen-bond acceptors (Lipinski definition) is 0. The first kappa shape index (κ1) is 7.80. The van der Waals surface area contributed by atoms with Gasteiger partial charge < -0.3 is 12.8 Å². The largest absolute Gasteiger partial charge is 0.358 e. The van der Waals surface area contributed by atoms with E-state index in [1.165, 1.54) is 0 Å². The van der Waals surface area contributed by atoms with Crippen LogP contribution in [0.25, 0.3) is 0 Å². The van der Waals surface area contributed by atoms with Gasteiger partial charge in [-0.05, 0) is 11.8 Å². The highest BCUT2D eigenvalue weighted by atomic mass is 13.5. The third kappa shape index (κ3) is 5.80. The van der Waals surface area contributed by atoms with Gasteiger partial charge in [0.05, 0.1) is 0 Å². The molecule has 0 radical (unpaired) electrons. The fraction of sp³-hybridized carbons (Fsp3) is 0. The van der Waals surface area contributed by atoms with Gasteiger partial charge in [-0.3, -0.25) is 11.8 Å². The average Bonchev–Trinajstić information content (AvgIpc) is 1.97. The Morgan fingerprint density at radius 1 is 0.500 bits per heavy atom. The summed E-state index contributed by atoms with van der Waals surface area (Å²) in [6, 6.07) is 0. The van der Waals surface area contributed by atoms with Gasteiger partial charge >= 0.3 is 0 Å². The van der Waals surface area contributed by atoms with Crippen molar-refractivity contribution in [3.8, 4) is 47.4 Å². The van der Waals surface area contributed by atoms with Gasteiger partial charge in [-0.1, -0.05) is 0 Å². The van der Waals surface area contributed by atoms with Crippen LogP contribution in [0.3, 0.4) is 0 Å². The molecule has 0 aliphatic rings. The maximum absolute atomic E-state index is 6.35. The first-order valence-corrected chi connectivity index (χ1v) is 2.25. The average molecular weight is 120 g/mol. The van der Waals surface area contributed by atoms with Gasteiger partial charge in [0.15, 0.2) is 0 Å². The van der Waals surface area contributed by atoms with E-state index in [-0.39, 0.29) is 0 Å². The van der Waals surface area contributed by atoms with Gasteiger partial charge in [-0.2, -0.15) is 0 Å². The molecule has 0 fully saturated rings. The molecule has 0 N–H and O–H groups in total.